The first kappa shape index (κ1) is 16.3. The molecule has 2 heterocycles. The van der Waals surface area contributed by atoms with Crippen LogP contribution in [0.3, 0.4) is 0 Å². The van der Waals surface area contributed by atoms with E-state index < -0.39 is 0 Å². The summed E-state index contributed by atoms with van der Waals surface area (Å²) in [6.45, 7) is 0.958. The Morgan fingerprint density at radius 2 is 2.00 bits per heavy atom. The maximum Gasteiger partial charge on any atom is 0.316 e. The van der Waals surface area contributed by atoms with Crippen molar-refractivity contribution in [2.75, 3.05) is 7.11 Å². The third kappa shape index (κ3) is 3.33. The van der Waals surface area contributed by atoms with Gasteiger partial charge in [0.25, 0.3) is 0 Å². The van der Waals surface area contributed by atoms with Crippen LogP contribution in [0.2, 0.25) is 5.02 Å². The minimum Gasteiger partial charge on any atom is -0.467 e. The first-order valence-corrected chi connectivity index (χ1v) is 9.15. The standard InChI is InChI=1S/C19H21ClN4O/c1-25-19-21-10-9-15(23-19)18-22-16-11-14(20)7-8-17(16)24(18)12-13-5-3-2-4-6-13/h7-11,13H,2-6,12H2,1H3. The predicted octanol–water partition coefficient (Wildman–Crippen LogP) is 4.74. The van der Waals surface area contributed by atoms with Crippen LogP contribution in [-0.4, -0.2) is 26.6 Å². The Kier molecular flexibility index (Phi) is 4.57. The summed E-state index contributed by atoms with van der Waals surface area (Å²) in [5, 5.41) is 0.696. The van der Waals surface area contributed by atoms with E-state index in [1.807, 2.05) is 18.2 Å². The van der Waals surface area contributed by atoms with E-state index in [1.54, 1.807) is 13.3 Å². The second-order valence-electron chi connectivity index (χ2n) is 6.61. The lowest BCUT2D eigenvalue weighted by Crippen LogP contribution is -2.15. The molecule has 4 rings (SSSR count). The van der Waals surface area contributed by atoms with Gasteiger partial charge in [0.1, 0.15) is 5.69 Å². The summed E-state index contributed by atoms with van der Waals surface area (Å²) < 4.78 is 7.46. The molecule has 0 atom stereocenters. The first-order chi connectivity index (χ1) is 12.2. The molecule has 0 spiro atoms. The second kappa shape index (κ2) is 7.00. The van der Waals surface area contributed by atoms with Crippen LogP contribution >= 0.6 is 11.6 Å². The van der Waals surface area contributed by atoms with Gasteiger partial charge in [-0.05, 0) is 43.0 Å². The zero-order chi connectivity index (χ0) is 17.2. The summed E-state index contributed by atoms with van der Waals surface area (Å²) >= 11 is 6.17. The molecule has 5 nitrogen and oxygen atoms in total. The molecule has 1 fully saturated rings. The van der Waals surface area contributed by atoms with Crippen LogP contribution in [-0.2, 0) is 6.54 Å². The molecule has 2 aromatic heterocycles. The average molecular weight is 357 g/mol. The van der Waals surface area contributed by atoms with E-state index in [0.717, 1.165) is 29.1 Å². The van der Waals surface area contributed by atoms with Gasteiger partial charge in [-0.1, -0.05) is 30.9 Å². The largest absolute Gasteiger partial charge is 0.467 e. The summed E-state index contributed by atoms with van der Waals surface area (Å²) in [4.78, 5) is 13.4. The number of aromatic nitrogens is 4. The van der Waals surface area contributed by atoms with Gasteiger partial charge in [-0.15, -0.1) is 0 Å². The minimum atomic E-state index is 0.354. The summed E-state index contributed by atoms with van der Waals surface area (Å²) in [7, 11) is 1.57. The summed E-state index contributed by atoms with van der Waals surface area (Å²) in [6.07, 6.45) is 8.25. The van der Waals surface area contributed by atoms with Gasteiger partial charge >= 0.3 is 6.01 Å². The van der Waals surface area contributed by atoms with Gasteiger partial charge < -0.3 is 9.30 Å². The van der Waals surface area contributed by atoms with Crippen LogP contribution in [0, 0.1) is 5.92 Å². The van der Waals surface area contributed by atoms with Crippen molar-refractivity contribution in [1.29, 1.82) is 0 Å². The molecule has 0 unspecified atom stereocenters. The van der Waals surface area contributed by atoms with Crippen molar-refractivity contribution in [3.63, 3.8) is 0 Å². The molecule has 3 aromatic rings. The summed E-state index contributed by atoms with van der Waals surface area (Å²) in [5.41, 5.74) is 2.77. The number of benzene rings is 1. The number of hydrogen-bond donors (Lipinski definition) is 0. The lowest BCUT2D eigenvalue weighted by atomic mass is 9.89. The van der Waals surface area contributed by atoms with Gasteiger partial charge in [-0.25, -0.2) is 9.97 Å². The highest BCUT2D eigenvalue weighted by Gasteiger charge is 2.20. The van der Waals surface area contributed by atoms with Crippen LogP contribution < -0.4 is 4.74 Å². The summed E-state index contributed by atoms with van der Waals surface area (Å²) in [6, 6.07) is 8.12. The van der Waals surface area contributed by atoms with Crippen molar-refractivity contribution in [1.82, 2.24) is 19.5 Å². The fraction of sp³-hybridized carbons (Fsp3) is 0.421. The predicted molar refractivity (Wildman–Crippen MR) is 98.9 cm³/mol. The van der Waals surface area contributed by atoms with E-state index in [4.69, 9.17) is 21.3 Å². The number of hydrogen-bond acceptors (Lipinski definition) is 4. The zero-order valence-corrected chi connectivity index (χ0v) is 15.0. The van der Waals surface area contributed by atoms with Gasteiger partial charge in [0, 0.05) is 17.8 Å². The highest BCUT2D eigenvalue weighted by Crippen LogP contribution is 2.31. The van der Waals surface area contributed by atoms with E-state index in [9.17, 15) is 0 Å². The van der Waals surface area contributed by atoms with E-state index in [2.05, 4.69) is 20.6 Å². The summed E-state index contributed by atoms with van der Waals surface area (Å²) in [5.74, 6) is 1.54. The number of ether oxygens (including phenoxy) is 1. The third-order valence-electron chi connectivity index (χ3n) is 4.92. The molecular weight excluding hydrogens is 336 g/mol. The Bertz CT molecular complexity index is 886. The van der Waals surface area contributed by atoms with Crippen molar-refractivity contribution in [3.05, 3.63) is 35.5 Å². The SMILES string of the molecule is COc1nccc(-c2nc3cc(Cl)ccc3n2CC2CCCCC2)n1. The Labute approximate surface area is 152 Å². The van der Waals surface area contributed by atoms with Crippen molar-refractivity contribution in [2.24, 2.45) is 5.92 Å². The molecule has 1 aliphatic carbocycles. The van der Waals surface area contributed by atoms with E-state index in [0.29, 0.717) is 17.0 Å². The fourth-order valence-electron chi connectivity index (χ4n) is 3.67. The Hall–Kier alpha value is -2.14. The monoisotopic (exact) mass is 356 g/mol. The van der Waals surface area contributed by atoms with Crippen LogP contribution in [0.4, 0.5) is 0 Å². The van der Waals surface area contributed by atoms with Crippen molar-refractivity contribution < 1.29 is 4.74 Å². The van der Waals surface area contributed by atoms with E-state index in [1.165, 1.54) is 32.1 Å². The van der Waals surface area contributed by atoms with Crippen LogP contribution in [0.1, 0.15) is 32.1 Å². The van der Waals surface area contributed by atoms with Gasteiger partial charge in [-0.3, -0.25) is 0 Å². The van der Waals surface area contributed by atoms with E-state index >= 15 is 0 Å². The molecule has 130 valence electrons. The molecule has 6 heteroatoms. The van der Waals surface area contributed by atoms with Crippen LogP contribution in [0.25, 0.3) is 22.6 Å². The smallest absolute Gasteiger partial charge is 0.316 e. The number of methoxy groups -OCH3 is 1. The number of imidazole rings is 1. The zero-order valence-electron chi connectivity index (χ0n) is 14.3. The maximum atomic E-state index is 6.17. The van der Waals surface area contributed by atoms with Crippen LogP contribution in [0.15, 0.2) is 30.5 Å². The Morgan fingerprint density at radius 3 is 2.80 bits per heavy atom. The molecule has 0 saturated heterocycles. The van der Waals surface area contributed by atoms with Gasteiger partial charge in [0.2, 0.25) is 0 Å². The van der Waals surface area contributed by atoms with Crippen molar-refractivity contribution in [3.8, 4) is 17.5 Å². The topological polar surface area (TPSA) is 52.8 Å². The maximum absolute atomic E-state index is 6.17. The highest BCUT2D eigenvalue weighted by molar-refractivity contribution is 6.31. The highest BCUT2D eigenvalue weighted by atomic mass is 35.5. The van der Waals surface area contributed by atoms with Crippen molar-refractivity contribution in [2.45, 2.75) is 38.6 Å². The number of rotatable bonds is 4. The van der Waals surface area contributed by atoms with E-state index in [-0.39, 0.29) is 0 Å². The quantitative estimate of drug-likeness (QED) is 0.677. The molecule has 1 aliphatic rings. The lowest BCUT2D eigenvalue weighted by Gasteiger charge is -2.23. The number of nitrogens with zero attached hydrogens (tertiary/aromatic N) is 4. The average Bonchev–Trinajstić information content (AvgIpc) is 3.00. The molecule has 0 aliphatic heterocycles. The normalized spacial score (nSPS) is 15.6. The molecule has 1 saturated carbocycles. The van der Waals surface area contributed by atoms with Gasteiger partial charge in [0.15, 0.2) is 5.82 Å². The van der Waals surface area contributed by atoms with Crippen molar-refractivity contribution >= 4 is 22.6 Å². The second-order valence-corrected chi connectivity index (χ2v) is 7.05. The Balaban J connectivity index is 1.81. The fourth-order valence-corrected chi connectivity index (χ4v) is 3.84. The first-order valence-electron chi connectivity index (χ1n) is 8.78. The molecule has 0 radical (unpaired) electrons. The molecule has 0 N–H and O–H groups in total. The lowest BCUT2D eigenvalue weighted by molar-refractivity contribution is 0.323. The number of fused-ring (bicyclic) bond motifs is 1. The minimum absolute atomic E-state index is 0.354. The third-order valence-corrected chi connectivity index (χ3v) is 5.16. The molecular formula is C19H21ClN4O. The van der Waals surface area contributed by atoms with Crippen LogP contribution in [0.5, 0.6) is 6.01 Å². The van der Waals surface area contributed by atoms with Gasteiger partial charge in [-0.2, -0.15) is 4.98 Å². The molecule has 1 aromatic carbocycles. The number of halogens is 1. The molecule has 0 amide bonds. The molecule has 0 bridgehead atoms. The Morgan fingerprint density at radius 1 is 1.16 bits per heavy atom. The molecule has 25 heavy (non-hydrogen) atoms. The van der Waals surface area contributed by atoms with Gasteiger partial charge in [0.05, 0.1) is 18.1 Å².